The van der Waals surface area contributed by atoms with E-state index in [-0.39, 0.29) is 6.79 Å². The smallest absolute Gasteiger partial charge is 0.231 e. The number of hydrogen-bond acceptors (Lipinski definition) is 4. The number of pyridine rings is 1. The zero-order chi connectivity index (χ0) is 18.6. The average molecular weight is 377 g/mol. The Morgan fingerprint density at radius 2 is 1.85 bits per heavy atom. The highest BCUT2D eigenvalue weighted by Crippen LogP contribution is 2.36. The second-order valence-electron chi connectivity index (χ2n) is 6.22. The lowest BCUT2D eigenvalue weighted by molar-refractivity contribution is 0.174. The molecule has 2 heterocycles. The third-order valence-corrected chi connectivity index (χ3v) is 4.71. The van der Waals surface area contributed by atoms with Gasteiger partial charge in [-0.2, -0.15) is 0 Å². The van der Waals surface area contributed by atoms with Gasteiger partial charge in [0.2, 0.25) is 6.79 Å². The van der Waals surface area contributed by atoms with Crippen molar-refractivity contribution in [2.75, 3.05) is 17.0 Å². The van der Waals surface area contributed by atoms with Crippen LogP contribution in [-0.2, 0) is 6.54 Å². The van der Waals surface area contributed by atoms with Gasteiger partial charge >= 0.3 is 0 Å². The number of rotatable bonds is 4. The van der Waals surface area contributed by atoms with Gasteiger partial charge in [-0.3, -0.25) is 4.98 Å². The molecule has 0 fully saturated rings. The van der Waals surface area contributed by atoms with Crippen molar-refractivity contribution >= 4 is 28.7 Å². The van der Waals surface area contributed by atoms with Crippen molar-refractivity contribution in [1.82, 2.24) is 4.98 Å². The second kappa shape index (κ2) is 7.63. The van der Waals surface area contributed by atoms with E-state index in [0.717, 1.165) is 34.0 Å². The van der Waals surface area contributed by atoms with Crippen molar-refractivity contribution in [3.8, 4) is 11.5 Å². The lowest BCUT2D eigenvalue weighted by Crippen LogP contribution is -2.34. The molecule has 1 aliphatic rings. The van der Waals surface area contributed by atoms with Crippen LogP contribution in [0.1, 0.15) is 11.1 Å². The van der Waals surface area contributed by atoms with E-state index in [4.69, 9.17) is 21.7 Å². The molecule has 27 heavy (non-hydrogen) atoms. The number of aryl methyl sites for hydroxylation is 1. The molecule has 0 aliphatic carbocycles. The lowest BCUT2D eigenvalue weighted by Gasteiger charge is -2.27. The van der Waals surface area contributed by atoms with Crippen LogP contribution in [0.3, 0.4) is 0 Å². The Balaban J connectivity index is 1.65. The number of benzene rings is 2. The van der Waals surface area contributed by atoms with Crippen LogP contribution < -0.4 is 19.7 Å². The molecule has 5 nitrogen and oxygen atoms in total. The highest BCUT2D eigenvalue weighted by atomic mass is 32.1. The summed E-state index contributed by atoms with van der Waals surface area (Å²) in [5.41, 5.74) is 4.16. The molecule has 0 radical (unpaired) electrons. The molecule has 2 aromatic carbocycles. The quantitative estimate of drug-likeness (QED) is 0.675. The Labute approximate surface area is 163 Å². The summed E-state index contributed by atoms with van der Waals surface area (Å²) in [7, 11) is 0. The van der Waals surface area contributed by atoms with Crippen LogP contribution in [0.4, 0.5) is 11.4 Å². The van der Waals surface area contributed by atoms with Crippen LogP contribution in [0.25, 0.3) is 0 Å². The van der Waals surface area contributed by atoms with E-state index in [1.165, 1.54) is 0 Å². The molecule has 0 saturated heterocycles. The summed E-state index contributed by atoms with van der Waals surface area (Å²) < 4.78 is 11.0. The Morgan fingerprint density at radius 3 is 2.67 bits per heavy atom. The van der Waals surface area contributed by atoms with Gasteiger partial charge in [-0.05, 0) is 60.6 Å². The summed E-state index contributed by atoms with van der Waals surface area (Å²) in [5, 5.41) is 3.98. The van der Waals surface area contributed by atoms with E-state index >= 15 is 0 Å². The molecule has 3 aromatic rings. The standard InChI is InChI=1S/C21H19N3O2S/c1-15-4-2-3-5-18(15)23-21(27)24(13-16-8-10-22-11-9-16)17-6-7-19-20(12-17)26-14-25-19/h2-12H,13-14H2,1H3,(H,23,27). The largest absolute Gasteiger partial charge is 0.454 e. The molecule has 6 heteroatoms. The van der Waals surface area contributed by atoms with E-state index < -0.39 is 0 Å². The fraction of sp³-hybridized carbons (Fsp3) is 0.143. The molecule has 136 valence electrons. The van der Waals surface area contributed by atoms with Crippen LogP contribution in [0.5, 0.6) is 11.5 Å². The van der Waals surface area contributed by atoms with Crippen molar-refractivity contribution in [1.29, 1.82) is 0 Å². The summed E-state index contributed by atoms with van der Waals surface area (Å²) in [4.78, 5) is 6.13. The van der Waals surface area contributed by atoms with Gasteiger partial charge in [0.15, 0.2) is 16.6 Å². The Kier molecular flexibility index (Phi) is 4.89. The van der Waals surface area contributed by atoms with Crippen LogP contribution in [0, 0.1) is 6.92 Å². The molecule has 0 bridgehead atoms. The molecule has 4 rings (SSSR count). The van der Waals surface area contributed by atoms with Gasteiger partial charge in [0.25, 0.3) is 0 Å². The number of hydrogen-bond donors (Lipinski definition) is 1. The Bertz CT molecular complexity index is 963. The first-order valence-electron chi connectivity index (χ1n) is 8.63. The van der Waals surface area contributed by atoms with Gasteiger partial charge in [-0.15, -0.1) is 0 Å². The molecular formula is C21H19N3O2S. The first-order chi connectivity index (χ1) is 13.2. The summed E-state index contributed by atoms with van der Waals surface area (Å²) >= 11 is 5.75. The molecule has 0 saturated carbocycles. The van der Waals surface area contributed by atoms with Gasteiger partial charge in [0.1, 0.15) is 0 Å². The number of fused-ring (bicyclic) bond motifs is 1. The lowest BCUT2D eigenvalue weighted by atomic mass is 10.2. The first-order valence-corrected chi connectivity index (χ1v) is 9.04. The Morgan fingerprint density at radius 1 is 1.07 bits per heavy atom. The normalized spacial score (nSPS) is 11.9. The van der Waals surface area contributed by atoms with Crippen LogP contribution in [0.2, 0.25) is 0 Å². The highest BCUT2D eigenvalue weighted by Gasteiger charge is 2.19. The second-order valence-corrected chi connectivity index (χ2v) is 6.61. The van der Waals surface area contributed by atoms with Crippen molar-refractivity contribution in [3.63, 3.8) is 0 Å². The maximum atomic E-state index is 5.75. The minimum absolute atomic E-state index is 0.245. The molecule has 0 unspecified atom stereocenters. The highest BCUT2D eigenvalue weighted by molar-refractivity contribution is 7.80. The predicted octanol–water partition coefficient (Wildman–Crippen LogP) is 4.52. The van der Waals surface area contributed by atoms with Crippen LogP contribution >= 0.6 is 12.2 Å². The molecule has 0 amide bonds. The monoisotopic (exact) mass is 377 g/mol. The molecule has 0 spiro atoms. The molecule has 1 aromatic heterocycles. The van der Waals surface area contributed by atoms with E-state index in [1.807, 2.05) is 53.4 Å². The van der Waals surface area contributed by atoms with Gasteiger partial charge < -0.3 is 19.7 Å². The fourth-order valence-electron chi connectivity index (χ4n) is 2.90. The van der Waals surface area contributed by atoms with Gasteiger partial charge in [0.05, 0.1) is 6.54 Å². The molecule has 1 N–H and O–H groups in total. The van der Waals surface area contributed by atoms with E-state index in [1.54, 1.807) is 12.4 Å². The van der Waals surface area contributed by atoms with Crippen molar-refractivity contribution in [3.05, 3.63) is 78.1 Å². The van der Waals surface area contributed by atoms with Crippen molar-refractivity contribution < 1.29 is 9.47 Å². The first kappa shape index (κ1) is 17.3. The third kappa shape index (κ3) is 3.85. The summed E-state index contributed by atoms with van der Waals surface area (Å²) in [6.45, 7) is 2.91. The minimum Gasteiger partial charge on any atom is -0.454 e. The van der Waals surface area contributed by atoms with Gasteiger partial charge in [-0.1, -0.05) is 18.2 Å². The summed E-state index contributed by atoms with van der Waals surface area (Å²) in [5.74, 6) is 1.48. The van der Waals surface area contributed by atoms with Gasteiger partial charge in [0, 0.05) is 29.8 Å². The number of aromatic nitrogens is 1. The maximum absolute atomic E-state index is 5.75. The average Bonchev–Trinajstić information content (AvgIpc) is 3.16. The fourth-order valence-corrected chi connectivity index (χ4v) is 3.18. The number of thiocarbonyl (C=S) groups is 1. The number of ether oxygens (including phenoxy) is 2. The number of nitrogens with one attached hydrogen (secondary N) is 1. The molecule has 0 atom stereocenters. The van der Waals surface area contributed by atoms with E-state index in [0.29, 0.717) is 11.7 Å². The minimum atomic E-state index is 0.245. The molecular weight excluding hydrogens is 358 g/mol. The topological polar surface area (TPSA) is 46.6 Å². The molecule has 1 aliphatic heterocycles. The van der Waals surface area contributed by atoms with E-state index in [2.05, 4.69) is 23.3 Å². The summed E-state index contributed by atoms with van der Waals surface area (Å²) in [6.07, 6.45) is 3.57. The van der Waals surface area contributed by atoms with Gasteiger partial charge in [-0.25, -0.2) is 0 Å². The van der Waals surface area contributed by atoms with Crippen LogP contribution in [0.15, 0.2) is 67.0 Å². The number of para-hydroxylation sites is 1. The third-order valence-electron chi connectivity index (χ3n) is 4.39. The zero-order valence-electron chi connectivity index (χ0n) is 14.9. The van der Waals surface area contributed by atoms with E-state index in [9.17, 15) is 0 Å². The number of nitrogens with zero attached hydrogens (tertiary/aromatic N) is 2. The summed E-state index contributed by atoms with van der Waals surface area (Å²) in [6, 6.07) is 17.9. The predicted molar refractivity (Wildman–Crippen MR) is 110 cm³/mol. The van der Waals surface area contributed by atoms with Crippen LogP contribution in [-0.4, -0.2) is 16.9 Å². The maximum Gasteiger partial charge on any atom is 0.231 e. The Hall–Kier alpha value is -3.12. The van der Waals surface area contributed by atoms with Crippen molar-refractivity contribution in [2.45, 2.75) is 13.5 Å². The van der Waals surface area contributed by atoms with Crippen molar-refractivity contribution in [2.24, 2.45) is 0 Å². The number of anilines is 2. The SMILES string of the molecule is Cc1ccccc1NC(=S)N(Cc1ccncc1)c1ccc2c(c1)OCO2. The zero-order valence-corrected chi connectivity index (χ0v) is 15.7.